The van der Waals surface area contributed by atoms with Crippen LogP contribution in [0.25, 0.3) is 11.0 Å². The van der Waals surface area contributed by atoms with Gasteiger partial charge in [0, 0.05) is 26.0 Å². The van der Waals surface area contributed by atoms with Gasteiger partial charge >= 0.3 is 12.1 Å². The van der Waals surface area contributed by atoms with E-state index in [0.717, 1.165) is 24.7 Å². The summed E-state index contributed by atoms with van der Waals surface area (Å²) in [6, 6.07) is 5.38. The van der Waals surface area contributed by atoms with Crippen LogP contribution in [0.5, 0.6) is 0 Å². The molecule has 11 nitrogen and oxygen atoms in total. The Morgan fingerprint density at radius 3 is 2.64 bits per heavy atom. The van der Waals surface area contributed by atoms with E-state index in [9.17, 15) is 36.3 Å². The van der Waals surface area contributed by atoms with E-state index in [-0.39, 0.29) is 34.0 Å². The van der Waals surface area contributed by atoms with E-state index in [0.29, 0.717) is 22.3 Å². The Morgan fingerprint density at radius 1 is 1.15 bits per heavy atom. The fourth-order valence-corrected chi connectivity index (χ4v) is 6.19. The summed E-state index contributed by atoms with van der Waals surface area (Å²) in [4.78, 5) is 35.8. The second-order valence-electron chi connectivity index (χ2n) is 8.84. The molecule has 0 bridgehead atoms. The van der Waals surface area contributed by atoms with Crippen LogP contribution < -0.4 is 10.6 Å². The summed E-state index contributed by atoms with van der Waals surface area (Å²) >= 11 is 0. The molecule has 202 valence electrons. The predicted molar refractivity (Wildman–Crippen MR) is 131 cm³/mol. The number of anilines is 1. The van der Waals surface area contributed by atoms with Gasteiger partial charge in [0.1, 0.15) is 23.1 Å². The lowest BCUT2D eigenvalue weighted by Gasteiger charge is -2.13. The minimum absolute atomic E-state index is 0.0359. The number of nitrogens with zero attached hydrogens (tertiary/aromatic N) is 4. The fourth-order valence-electron chi connectivity index (χ4n) is 4.44. The van der Waals surface area contributed by atoms with Crippen LogP contribution in [0.2, 0.25) is 0 Å². The first-order chi connectivity index (χ1) is 18.3. The van der Waals surface area contributed by atoms with Crippen molar-refractivity contribution in [3.8, 4) is 0 Å². The number of hydrogen-bond acceptors (Lipinski definition) is 8. The third kappa shape index (κ3) is 4.87. The zero-order valence-corrected chi connectivity index (χ0v) is 20.8. The number of sulfone groups is 1. The lowest BCUT2D eigenvalue weighted by atomic mass is 10.1. The van der Waals surface area contributed by atoms with E-state index in [2.05, 4.69) is 25.6 Å². The number of amides is 1. The van der Waals surface area contributed by atoms with Crippen LogP contribution in [0.3, 0.4) is 0 Å². The SMILES string of the molecule is Cn1cc(NC2CS(=O)(=O)c3cc(C(=O)O)ccc32)c2ncnc(C(=O)NCc3ccnc(C(F)(F)F)c3)c21. The second-order valence-corrected chi connectivity index (χ2v) is 10.8. The van der Waals surface area contributed by atoms with Gasteiger partial charge in [0.15, 0.2) is 15.5 Å². The molecule has 1 aromatic carbocycles. The molecule has 0 fully saturated rings. The highest BCUT2D eigenvalue weighted by Gasteiger charge is 2.36. The van der Waals surface area contributed by atoms with Crippen LogP contribution in [-0.4, -0.2) is 50.7 Å². The van der Waals surface area contributed by atoms with Crippen molar-refractivity contribution in [2.75, 3.05) is 11.1 Å². The molecule has 39 heavy (non-hydrogen) atoms. The van der Waals surface area contributed by atoms with E-state index in [4.69, 9.17) is 0 Å². The highest BCUT2D eigenvalue weighted by Crippen LogP contribution is 2.38. The summed E-state index contributed by atoms with van der Waals surface area (Å²) in [7, 11) is -2.12. The Labute approximate surface area is 218 Å². The summed E-state index contributed by atoms with van der Waals surface area (Å²) in [6.45, 7) is -0.208. The van der Waals surface area contributed by atoms with E-state index in [1.807, 2.05) is 0 Å². The van der Waals surface area contributed by atoms with Crippen LogP contribution in [0.15, 0.2) is 53.9 Å². The molecule has 5 rings (SSSR count). The fraction of sp³-hybridized carbons (Fsp3) is 0.208. The van der Waals surface area contributed by atoms with Crippen molar-refractivity contribution in [2.45, 2.75) is 23.7 Å². The van der Waals surface area contributed by atoms with Gasteiger partial charge in [0.05, 0.1) is 27.9 Å². The summed E-state index contributed by atoms with van der Waals surface area (Å²) in [6.07, 6.45) is -0.866. The molecule has 0 radical (unpaired) electrons. The molecule has 1 unspecified atom stereocenters. The summed E-state index contributed by atoms with van der Waals surface area (Å²) in [5.74, 6) is -2.22. The molecule has 1 aliphatic rings. The van der Waals surface area contributed by atoms with Gasteiger partial charge < -0.3 is 20.3 Å². The Balaban J connectivity index is 1.41. The first-order valence-corrected chi connectivity index (χ1v) is 13.0. The van der Waals surface area contributed by atoms with E-state index in [1.165, 1.54) is 18.2 Å². The number of benzene rings is 1. The average molecular weight is 561 g/mol. The number of carboxylic acids is 1. The van der Waals surface area contributed by atoms with Crippen LogP contribution in [0.4, 0.5) is 18.9 Å². The van der Waals surface area contributed by atoms with Gasteiger partial charge in [0.25, 0.3) is 5.91 Å². The van der Waals surface area contributed by atoms with Gasteiger partial charge in [-0.05, 0) is 35.4 Å². The topological polar surface area (TPSA) is 156 Å². The van der Waals surface area contributed by atoms with Crippen molar-refractivity contribution in [3.05, 3.63) is 77.1 Å². The van der Waals surface area contributed by atoms with Gasteiger partial charge in [-0.3, -0.25) is 9.78 Å². The zero-order chi connectivity index (χ0) is 28.1. The second kappa shape index (κ2) is 9.34. The molecule has 4 heterocycles. The van der Waals surface area contributed by atoms with Gasteiger partial charge in [-0.25, -0.2) is 23.2 Å². The van der Waals surface area contributed by atoms with Gasteiger partial charge in [-0.2, -0.15) is 13.2 Å². The molecule has 4 aromatic rings. The molecule has 1 amide bonds. The van der Waals surface area contributed by atoms with Crippen molar-refractivity contribution >= 4 is 38.4 Å². The van der Waals surface area contributed by atoms with Crippen LogP contribution in [0, 0.1) is 0 Å². The highest BCUT2D eigenvalue weighted by atomic mass is 32.2. The smallest absolute Gasteiger partial charge is 0.433 e. The third-order valence-electron chi connectivity index (χ3n) is 6.22. The molecule has 15 heteroatoms. The molecular weight excluding hydrogens is 541 g/mol. The van der Waals surface area contributed by atoms with Crippen LogP contribution in [0.1, 0.15) is 43.7 Å². The quantitative estimate of drug-likeness (QED) is 0.323. The monoisotopic (exact) mass is 560 g/mol. The number of pyridine rings is 1. The third-order valence-corrected chi connectivity index (χ3v) is 8.02. The van der Waals surface area contributed by atoms with Crippen molar-refractivity contribution in [1.82, 2.24) is 24.8 Å². The molecule has 0 saturated carbocycles. The minimum Gasteiger partial charge on any atom is -0.478 e. The maximum Gasteiger partial charge on any atom is 0.433 e. The Bertz CT molecular complexity index is 1750. The Hall–Kier alpha value is -4.53. The predicted octanol–water partition coefficient (Wildman–Crippen LogP) is 2.95. The van der Waals surface area contributed by atoms with Crippen molar-refractivity contribution < 1.29 is 36.3 Å². The van der Waals surface area contributed by atoms with Gasteiger partial charge in [0.2, 0.25) is 0 Å². The number of aryl methyl sites for hydroxylation is 1. The number of carbonyl (C=O) groups is 2. The zero-order valence-electron chi connectivity index (χ0n) is 20.0. The van der Waals surface area contributed by atoms with E-state index < -0.39 is 39.6 Å². The molecule has 3 aromatic heterocycles. The first-order valence-electron chi connectivity index (χ1n) is 11.3. The van der Waals surface area contributed by atoms with Crippen molar-refractivity contribution in [1.29, 1.82) is 0 Å². The number of carbonyl (C=O) groups excluding carboxylic acids is 1. The maximum atomic E-state index is 13.0. The summed E-state index contributed by atoms with van der Waals surface area (Å²) < 4.78 is 65.8. The minimum atomic E-state index is -4.62. The lowest BCUT2D eigenvalue weighted by Crippen LogP contribution is -2.25. The number of aromatic carboxylic acids is 1. The lowest BCUT2D eigenvalue weighted by molar-refractivity contribution is -0.141. The van der Waals surface area contributed by atoms with Crippen molar-refractivity contribution in [3.63, 3.8) is 0 Å². The first kappa shape index (κ1) is 26.1. The largest absolute Gasteiger partial charge is 0.478 e. The highest BCUT2D eigenvalue weighted by molar-refractivity contribution is 7.91. The summed E-state index contributed by atoms with van der Waals surface area (Å²) in [5.41, 5.74) is 0.366. The number of carboxylic acid groups (broad SMARTS) is 1. The average Bonchev–Trinajstić information content (AvgIpc) is 3.34. The molecule has 0 saturated heterocycles. The Kier molecular flexibility index (Phi) is 6.25. The van der Waals surface area contributed by atoms with E-state index >= 15 is 0 Å². The number of alkyl halides is 3. The van der Waals surface area contributed by atoms with Crippen molar-refractivity contribution in [2.24, 2.45) is 7.05 Å². The summed E-state index contributed by atoms with van der Waals surface area (Å²) in [5, 5.41) is 14.9. The molecule has 1 aliphatic heterocycles. The van der Waals surface area contributed by atoms with Crippen LogP contribution >= 0.6 is 0 Å². The van der Waals surface area contributed by atoms with E-state index in [1.54, 1.807) is 17.8 Å². The molecule has 1 atom stereocenters. The number of hydrogen-bond donors (Lipinski definition) is 3. The maximum absolute atomic E-state index is 13.0. The molecule has 3 N–H and O–H groups in total. The number of aromatic nitrogens is 4. The molecular formula is C24H19F3N6O5S. The Morgan fingerprint density at radius 2 is 1.92 bits per heavy atom. The van der Waals surface area contributed by atoms with Gasteiger partial charge in [-0.1, -0.05) is 6.07 Å². The number of fused-ring (bicyclic) bond motifs is 2. The number of rotatable bonds is 6. The standard InChI is InChI=1S/C24H19F3N6O5S/c1-33-9-15(32-16-10-39(37,38)17-7-13(23(35)36)2-3-14(16)17)19-21(33)20(31-11-30-19)22(34)29-8-12-4-5-28-18(6-12)24(25,26)27/h2-7,9,11,16,32H,8,10H2,1H3,(H,29,34)(H,35,36). The number of halogens is 3. The molecule has 0 aliphatic carbocycles. The van der Waals surface area contributed by atoms with Crippen LogP contribution in [-0.2, 0) is 29.6 Å². The number of nitrogens with one attached hydrogen (secondary N) is 2. The van der Waals surface area contributed by atoms with Gasteiger partial charge in [-0.15, -0.1) is 0 Å². The normalized spacial score (nSPS) is 16.2. The molecule has 0 spiro atoms.